The van der Waals surface area contributed by atoms with Crippen molar-refractivity contribution in [1.82, 2.24) is 14.8 Å². The van der Waals surface area contributed by atoms with Gasteiger partial charge in [-0.2, -0.15) is 5.10 Å². The maximum Gasteiger partial charge on any atom is 0.146 e. The van der Waals surface area contributed by atoms with Crippen LogP contribution in [0.15, 0.2) is 30.6 Å². The number of nitrogen functional groups attached to an aromatic ring is 1. The molecule has 0 aliphatic heterocycles. The summed E-state index contributed by atoms with van der Waals surface area (Å²) in [5.74, 6) is 1.53. The number of anilines is 1. The normalized spacial score (nSPS) is 10.9. The zero-order valence-corrected chi connectivity index (χ0v) is 12.7. The third-order valence-corrected chi connectivity index (χ3v) is 3.21. The summed E-state index contributed by atoms with van der Waals surface area (Å²) < 4.78 is 1.94. The molecule has 112 valence electrons. The molecule has 0 bridgehead atoms. The van der Waals surface area contributed by atoms with E-state index >= 15 is 0 Å². The van der Waals surface area contributed by atoms with E-state index in [4.69, 9.17) is 11.1 Å². The molecule has 3 N–H and O–H groups in total. The van der Waals surface area contributed by atoms with Gasteiger partial charge in [-0.05, 0) is 18.1 Å². The number of nitrogens with zero attached hydrogens (tertiary/aromatic N) is 4. The van der Waals surface area contributed by atoms with E-state index in [1.54, 1.807) is 6.33 Å². The lowest BCUT2D eigenvalue weighted by Gasteiger charge is -2.20. The van der Waals surface area contributed by atoms with Gasteiger partial charge in [-0.3, -0.25) is 5.41 Å². The fourth-order valence-electron chi connectivity index (χ4n) is 2.12. The van der Waals surface area contributed by atoms with Crippen LogP contribution in [0.5, 0.6) is 0 Å². The number of hydrogen-bond donors (Lipinski definition) is 2. The Labute approximate surface area is 125 Å². The summed E-state index contributed by atoms with van der Waals surface area (Å²) in [7, 11) is 1.99. The SMILES string of the molecule is CC(C)Cn1ncnc1CN(C)c1cccc(C(=N)N)c1. The maximum absolute atomic E-state index is 7.51. The van der Waals surface area contributed by atoms with Crippen molar-refractivity contribution in [2.24, 2.45) is 11.7 Å². The second-order valence-corrected chi connectivity index (χ2v) is 5.57. The fourth-order valence-corrected chi connectivity index (χ4v) is 2.12. The zero-order valence-electron chi connectivity index (χ0n) is 12.7. The van der Waals surface area contributed by atoms with E-state index in [9.17, 15) is 0 Å². The van der Waals surface area contributed by atoms with E-state index in [1.807, 2.05) is 36.0 Å². The number of aromatic nitrogens is 3. The number of rotatable bonds is 6. The second-order valence-electron chi connectivity index (χ2n) is 5.57. The van der Waals surface area contributed by atoms with Gasteiger partial charge in [-0.1, -0.05) is 26.0 Å². The van der Waals surface area contributed by atoms with Gasteiger partial charge in [0.05, 0.1) is 6.54 Å². The molecule has 0 aliphatic rings. The standard InChI is InChI=1S/C15H22N6/c1-11(2)8-21-14(18-10-19-21)9-20(3)13-6-4-5-12(7-13)15(16)17/h4-7,10-11H,8-9H2,1-3H3,(H3,16,17). The first-order valence-corrected chi connectivity index (χ1v) is 6.99. The Bertz CT molecular complexity index is 616. The topological polar surface area (TPSA) is 83.8 Å². The minimum absolute atomic E-state index is 0.0771. The summed E-state index contributed by atoms with van der Waals surface area (Å²) in [5.41, 5.74) is 7.26. The average Bonchev–Trinajstić information content (AvgIpc) is 2.85. The molecule has 0 saturated heterocycles. The van der Waals surface area contributed by atoms with Crippen LogP contribution >= 0.6 is 0 Å². The number of nitrogens with one attached hydrogen (secondary N) is 1. The second kappa shape index (κ2) is 6.39. The monoisotopic (exact) mass is 286 g/mol. The van der Waals surface area contributed by atoms with E-state index in [2.05, 4.69) is 28.8 Å². The Kier molecular flexibility index (Phi) is 4.57. The van der Waals surface area contributed by atoms with Crippen molar-refractivity contribution in [2.75, 3.05) is 11.9 Å². The lowest BCUT2D eigenvalue weighted by Crippen LogP contribution is -2.21. The largest absolute Gasteiger partial charge is 0.384 e. The summed E-state index contributed by atoms with van der Waals surface area (Å²) in [6.07, 6.45) is 1.59. The van der Waals surface area contributed by atoms with Crippen molar-refractivity contribution in [3.8, 4) is 0 Å². The Hall–Kier alpha value is -2.37. The van der Waals surface area contributed by atoms with Crippen LogP contribution in [0.4, 0.5) is 5.69 Å². The number of nitrogens with two attached hydrogens (primary N) is 1. The highest BCUT2D eigenvalue weighted by Gasteiger charge is 2.10. The third kappa shape index (κ3) is 3.81. The predicted molar refractivity (Wildman–Crippen MR) is 84.4 cm³/mol. The van der Waals surface area contributed by atoms with Crippen LogP contribution in [0.2, 0.25) is 0 Å². The lowest BCUT2D eigenvalue weighted by molar-refractivity contribution is 0.465. The Morgan fingerprint density at radius 3 is 2.86 bits per heavy atom. The first-order chi connectivity index (χ1) is 9.97. The highest BCUT2D eigenvalue weighted by Crippen LogP contribution is 2.16. The van der Waals surface area contributed by atoms with Gasteiger partial charge in [-0.15, -0.1) is 0 Å². The van der Waals surface area contributed by atoms with Gasteiger partial charge in [0.2, 0.25) is 0 Å². The quantitative estimate of drug-likeness (QED) is 0.627. The average molecular weight is 286 g/mol. The number of benzene rings is 1. The minimum atomic E-state index is 0.0771. The molecule has 2 aromatic rings. The van der Waals surface area contributed by atoms with Crippen LogP contribution < -0.4 is 10.6 Å². The first-order valence-electron chi connectivity index (χ1n) is 6.99. The predicted octanol–water partition coefficient (Wildman–Crippen LogP) is 1.85. The molecule has 1 aromatic heterocycles. The molecule has 2 rings (SSSR count). The molecule has 0 fully saturated rings. The van der Waals surface area contributed by atoms with Gasteiger partial charge in [0.15, 0.2) is 0 Å². The van der Waals surface area contributed by atoms with E-state index in [-0.39, 0.29) is 5.84 Å². The van der Waals surface area contributed by atoms with Gasteiger partial charge >= 0.3 is 0 Å². The van der Waals surface area contributed by atoms with Gasteiger partial charge in [0.1, 0.15) is 18.0 Å². The van der Waals surface area contributed by atoms with E-state index in [0.717, 1.165) is 23.6 Å². The highest BCUT2D eigenvalue weighted by atomic mass is 15.3. The minimum Gasteiger partial charge on any atom is -0.384 e. The molecule has 0 amide bonds. The van der Waals surface area contributed by atoms with Crippen molar-refractivity contribution in [3.63, 3.8) is 0 Å². The Morgan fingerprint density at radius 1 is 1.43 bits per heavy atom. The van der Waals surface area contributed by atoms with Gasteiger partial charge < -0.3 is 10.6 Å². The molecule has 0 saturated carbocycles. The number of amidine groups is 1. The summed E-state index contributed by atoms with van der Waals surface area (Å²) in [6, 6.07) is 7.64. The highest BCUT2D eigenvalue weighted by molar-refractivity contribution is 5.95. The molecule has 0 unspecified atom stereocenters. The number of hydrogen-bond acceptors (Lipinski definition) is 4. The molecule has 21 heavy (non-hydrogen) atoms. The van der Waals surface area contributed by atoms with Crippen LogP contribution in [-0.4, -0.2) is 27.6 Å². The third-order valence-electron chi connectivity index (χ3n) is 3.21. The smallest absolute Gasteiger partial charge is 0.146 e. The molecule has 0 radical (unpaired) electrons. The Morgan fingerprint density at radius 2 is 2.19 bits per heavy atom. The molecule has 6 heteroatoms. The van der Waals surface area contributed by atoms with E-state index in [1.165, 1.54) is 0 Å². The van der Waals surface area contributed by atoms with Gasteiger partial charge in [0.25, 0.3) is 0 Å². The molecule has 0 atom stereocenters. The molecule has 0 aliphatic carbocycles. The molecular weight excluding hydrogens is 264 g/mol. The van der Waals surface area contributed by atoms with Gasteiger partial charge in [-0.25, -0.2) is 9.67 Å². The summed E-state index contributed by atoms with van der Waals surface area (Å²) in [4.78, 5) is 6.41. The summed E-state index contributed by atoms with van der Waals surface area (Å²) in [5, 5.41) is 11.8. The van der Waals surface area contributed by atoms with Crippen molar-refractivity contribution in [1.29, 1.82) is 5.41 Å². The van der Waals surface area contributed by atoms with Crippen molar-refractivity contribution < 1.29 is 0 Å². The lowest BCUT2D eigenvalue weighted by atomic mass is 10.2. The molecular formula is C15H22N6. The van der Waals surface area contributed by atoms with Crippen LogP contribution in [-0.2, 0) is 13.1 Å². The molecule has 1 heterocycles. The van der Waals surface area contributed by atoms with Gasteiger partial charge in [0, 0.05) is 24.8 Å². The van der Waals surface area contributed by atoms with Crippen LogP contribution in [0.25, 0.3) is 0 Å². The van der Waals surface area contributed by atoms with E-state index in [0.29, 0.717) is 12.5 Å². The Balaban J connectivity index is 2.14. The molecule has 1 aromatic carbocycles. The zero-order chi connectivity index (χ0) is 15.4. The van der Waals surface area contributed by atoms with Crippen molar-refractivity contribution in [3.05, 3.63) is 42.0 Å². The van der Waals surface area contributed by atoms with Crippen molar-refractivity contribution >= 4 is 11.5 Å². The maximum atomic E-state index is 7.51. The molecule has 0 spiro atoms. The fraction of sp³-hybridized carbons (Fsp3) is 0.400. The van der Waals surface area contributed by atoms with Crippen LogP contribution in [0.1, 0.15) is 25.2 Å². The van der Waals surface area contributed by atoms with E-state index < -0.39 is 0 Å². The van der Waals surface area contributed by atoms with Crippen LogP contribution in [0, 0.1) is 11.3 Å². The first kappa shape index (κ1) is 15.0. The summed E-state index contributed by atoms with van der Waals surface area (Å²) in [6.45, 7) is 5.84. The van der Waals surface area contributed by atoms with Crippen LogP contribution in [0.3, 0.4) is 0 Å². The molecule has 6 nitrogen and oxygen atoms in total. The van der Waals surface area contributed by atoms with Crippen molar-refractivity contribution in [2.45, 2.75) is 26.9 Å². The summed E-state index contributed by atoms with van der Waals surface area (Å²) >= 11 is 0.